The van der Waals surface area contributed by atoms with E-state index in [-0.39, 0.29) is 5.75 Å². The minimum absolute atomic E-state index is 0.0934. The Labute approximate surface area is 122 Å². The Kier molecular flexibility index (Phi) is 3.36. The molecule has 2 N–H and O–H groups in total. The summed E-state index contributed by atoms with van der Waals surface area (Å²) < 4.78 is 5.33. The van der Waals surface area contributed by atoms with Gasteiger partial charge in [0, 0.05) is 5.56 Å². The Balaban J connectivity index is 2.15. The summed E-state index contributed by atoms with van der Waals surface area (Å²) in [7, 11) is 1.55. The second kappa shape index (κ2) is 5.32. The number of phenolic OH excluding ortho intramolecular Hbond substituents is 1. The standard InChI is InChI=1S/C17H16N2O2/c1-3-6-11-9-10-12(15(20)16(11)21-2)17-18-13-7-4-5-8-14(13)19-17/h3-5,7-10,20H,1,6H2,2H3,(H,18,19). The smallest absolute Gasteiger partial charge is 0.169 e. The van der Waals surface area contributed by atoms with Crippen LogP contribution in [0.25, 0.3) is 22.4 Å². The molecular weight excluding hydrogens is 264 g/mol. The SMILES string of the molecule is C=CCc1ccc(-c2nc3ccccc3[nH]2)c(O)c1OC. The number of ether oxygens (including phenoxy) is 1. The number of aromatic hydroxyl groups is 1. The van der Waals surface area contributed by atoms with Crippen LogP contribution in [-0.2, 0) is 6.42 Å². The van der Waals surface area contributed by atoms with E-state index in [4.69, 9.17) is 4.74 Å². The number of H-pyrrole nitrogens is 1. The summed E-state index contributed by atoms with van der Waals surface area (Å²) >= 11 is 0. The zero-order valence-corrected chi connectivity index (χ0v) is 11.8. The number of imidazole rings is 1. The van der Waals surface area contributed by atoms with Gasteiger partial charge >= 0.3 is 0 Å². The number of rotatable bonds is 4. The number of phenols is 1. The number of para-hydroxylation sites is 2. The Morgan fingerprint density at radius 1 is 1.29 bits per heavy atom. The Morgan fingerprint density at radius 3 is 2.81 bits per heavy atom. The van der Waals surface area contributed by atoms with E-state index in [9.17, 15) is 5.11 Å². The first-order chi connectivity index (χ1) is 10.2. The Hall–Kier alpha value is -2.75. The van der Waals surface area contributed by atoms with Gasteiger partial charge in [0.05, 0.1) is 23.7 Å². The van der Waals surface area contributed by atoms with Gasteiger partial charge in [0.25, 0.3) is 0 Å². The largest absolute Gasteiger partial charge is 0.504 e. The Bertz CT molecular complexity index is 773. The normalized spacial score (nSPS) is 10.7. The third-order valence-corrected chi connectivity index (χ3v) is 3.43. The van der Waals surface area contributed by atoms with Crippen LogP contribution in [0.1, 0.15) is 5.56 Å². The maximum Gasteiger partial charge on any atom is 0.169 e. The van der Waals surface area contributed by atoms with Gasteiger partial charge in [-0.3, -0.25) is 0 Å². The van der Waals surface area contributed by atoms with Gasteiger partial charge in [-0.2, -0.15) is 0 Å². The first-order valence-electron chi connectivity index (χ1n) is 6.69. The molecule has 0 unspecified atom stereocenters. The highest BCUT2D eigenvalue weighted by Crippen LogP contribution is 2.39. The molecule has 0 saturated carbocycles. The van der Waals surface area contributed by atoms with Crippen molar-refractivity contribution in [1.82, 2.24) is 9.97 Å². The molecule has 3 aromatic rings. The highest BCUT2D eigenvalue weighted by atomic mass is 16.5. The Morgan fingerprint density at radius 2 is 2.10 bits per heavy atom. The number of hydrogen-bond acceptors (Lipinski definition) is 3. The van der Waals surface area contributed by atoms with E-state index in [0.29, 0.717) is 23.6 Å². The fraction of sp³-hybridized carbons (Fsp3) is 0.118. The fourth-order valence-corrected chi connectivity index (χ4v) is 2.43. The average Bonchev–Trinajstić information content (AvgIpc) is 2.91. The molecule has 0 amide bonds. The molecule has 0 aliphatic rings. The van der Waals surface area contributed by atoms with E-state index in [2.05, 4.69) is 16.5 Å². The van der Waals surface area contributed by atoms with Gasteiger partial charge in [-0.1, -0.05) is 24.3 Å². The van der Waals surface area contributed by atoms with Crippen molar-refractivity contribution in [3.63, 3.8) is 0 Å². The van der Waals surface area contributed by atoms with Gasteiger partial charge in [-0.25, -0.2) is 4.98 Å². The second-order valence-corrected chi connectivity index (χ2v) is 4.75. The predicted molar refractivity (Wildman–Crippen MR) is 83.6 cm³/mol. The van der Waals surface area contributed by atoms with Crippen LogP contribution in [-0.4, -0.2) is 22.2 Å². The summed E-state index contributed by atoms with van der Waals surface area (Å²) in [4.78, 5) is 7.71. The lowest BCUT2D eigenvalue weighted by Gasteiger charge is -2.11. The van der Waals surface area contributed by atoms with Crippen LogP contribution >= 0.6 is 0 Å². The van der Waals surface area contributed by atoms with Crippen molar-refractivity contribution in [3.05, 3.63) is 54.6 Å². The van der Waals surface area contributed by atoms with Gasteiger partial charge in [-0.05, 0) is 24.6 Å². The van der Waals surface area contributed by atoms with Gasteiger partial charge in [0.1, 0.15) is 5.82 Å². The molecule has 3 rings (SSSR count). The van der Waals surface area contributed by atoms with Crippen LogP contribution in [0.2, 0.25) is 0 Å². The molecular formula is C17H16N2O2. The second-order valence-electron chi connectivity index (χ2n) is 4.75. The highest BCUT2D eigenvalue weighted by molar-refractivity contribution is 5.81. The molecule has 0 radical (unpaired) electrons. The summed E-state index contributed by atoms with van der Waals surface area (Å²) in [5.74, 6) is 1.18. The highest BCUT2D eigenvalue weighted by Gasteiger charge is 2.16. The van der Waals surface area contributed by atoms with Gasteiger partial charge in [0.15, 0.2) is 11.5 Å². The predicted octanol–water partition coefficient (Wildman–Crippen LogP) is 3.67. The van der Waals surface area contributed by atoms with Gasteiger partial charge < -0.3 is 14.8 Å². The molecule has 0 spiro atoms. The molecule has 0 aliphatic heterocycles. The monoisotopic (exact) mass is 280 g/mol. The van der Waals surface area contributed by atoms with Crippen LogP contribution < -0.4 is 4.74 Å². The molecule has 4 heteroatoms. The molecule has 0 atom stereocenters. The molecule has 0 fully saturated rings. The molecule has 106 valence electrons. The van der Waals surface area contributed by atoms with Gasteiger partial charge in [-0.15, -0.1) is 6.58 Å². The van der Waals surface area contributed by atoms with E-state index in [1.165, 1.54) is 0 Å². The molecule has 1 aromatic heterocycles. The maximum atomic E-state index is 10.5. The van der Waals surface area contributed by atoms with E-state index >= 15 is 0 Å². The number of benzene rings is 2. The summed E-state index contributed by atoms with van der Waals surface area (Å²) in [6.45, 7) is 3.71. The first kappa shape index (κ1) is 13.2. The zero-order valence-electron chi connectivity index (χ0n) is 11.8. The van der Waals surface area contributed by atoms with Crippen LogP contribution in [0.15, 0.2) is 49.1 Å². The maximum absolute atomic E-state index is 10.5. The molecule has 4 nitrogen and oxygen atoms in total. The molecule has 21 heavy (non-hydrogen) atoms. The summed E-state index contributed by atoms with van der Waals surface area (Å²) in [6.07, 6.45) is 2.41. The number of aromatic nitrogens is 2. The quantitative estimate of drug-likeness (QED) is 0.717. The lowest BCUT2D eigenvalue weighted by Crippen LogP contribution is -1.94. The van der Waals surface area contributed by atoms with Crippen molar-refractivity contribution < 1.29 is 9.84 Å². The number of nitrogens with one attached hydrogen (secondary N) is 1. The number of methoxy groups -OCH3 is 1. The van der Waals surface area contributed by atoms with Crippen LogP contribution in [0.5, 0.6) is 11.5 Å². The third-order valence-electron chi connectivity index (χ3n) is 3.43. The number of fused-ring (bicyclic) bond motifs is 1. The zero-order chi connectivity index (χ0) is 14.8. The van der Waals surface area contributed by atoms with E-state index in [1.54, 1.807) is 13.2 Å². The van der Waals surface area contributed by atoms with Crippen molar-refractivity contribution in [2.24, 2.45) is 0 Å². The summed E-state index contributed by atoms with van der Waals surface area (Å²) in [5, 5.41) is 10.5. The number of hydrogen-bond donors (Lipinski definition) is 2. The summed E-state index contributed by atoms with van der Waals surface area (Å²) in [6, 6.07) is 11.5. The molecule has 2 aromatic carbocycles. The van der Waals surface area contributed by atoms with Crippen molar-refractivity contribution in [3.8, 4) is 22.9 Å². The fourth-order valence-electron chi connectivity index (χ4n) is 2.43. The van der Waals surface area contributed by atoms with Crippen LogP contribution in [0.4, 0.5) is 0 Å². The van der Waals surface area contributed by atoms with Crippen molar-refractivity contribution >= 4 is 11.0 Å². The third kappa shape index (κ3) is 2.25. The van der Waals surface area contributed by atoms with Crippen LogP contribution in [0, 0.1) is 0 Å². The average molecular weight is 280 g/mol. The number of nitrogens with zero attached hydrogens (tertiary/aromatic N) is 1. The van der Waals surface area contributed by atoms with Crippen molar-refractivity contribution in [2.75, 3.05) is 7.11 Å². The van der Waals surface area contributed by atoms with Crippen LogP contribution in [0.3, 0.4) is 0 Å². The molecule has 0 aliphatic carbocycles. The molecule has 0 saturated heterocycles. The molecule has 1 heterocycles. The van der Waals surface area contributed by atoms with E-state index in [0.717, 1.165) is 16.6 Å². The van der Waals surface area contributed by atoms with Gasteiger partial charge in [0.2, 0.25) is 0 Å². The minimum atomic E-state index is 0.0934. The van der Waals surface area contributed by atoms with Crippen molar-refractivity contribution in [2.45, 2.75) is 6.42 Å². The van der Waals surface area contributed by atoms with E-state index < -0.39 is 0 Å². The first-order valence-corrected chi connectivity index (χ1v) is 6.69. The lowest BCUT2D eigenvalue weighted by molar-refractivity contribution is 0.371. The lowest BCUT2D eigenvalue weighted by atomic mass is 10.1. The minimum Gasteiger partial charge on any atom is -0.504 e. The number of aromatic amines is 1. The number of allylic oxidation sites excluding steroid dienone is 1. The molecule has 0 bridgehead atoms. The van der Waals surface area contributed by atoms with E-state index in [1.807, 2.05) is 36.4 Å². The van der Waals surface area contributed by atoms with Crippen molar-refractivity contribution in [1.29, 1.82) is 0 Å². The topological polar surface area (TPSA) is 58.1 Å². The summed E-state index contributed by atoms with van der Waals surface area (Å²) in [5.41, 5.74) is 3.31.